The third-order valence-electron chi connectivity index (χ3n) is 6.45. The first-order chi connectivity index (χ1) is 15.4. The molecule has 0 unspecified atom stereocenters. The molecule has 0 aliphatic carbocycles. The Balaban J connectivity index is 0.000000913. The Hall–Kier alpha value is -2.79. The number of likely N-dealkylation sites (tertiary alicyclic amines) is 2. The molecule has 11 nitrogen and oxygen atoms in total. The molecule has 1 amide bonds. The SMILES string of the molecule is Cc1cn(CCNC(=O)[C@@]23CCCN(Cc4cnn(C)c4)[C@H]2CN(C)CC3)nn1.O=CO. The van der Waals surface area contributed by atoms with E-state index in [1.54, 1.807) is 4.68 Å². The van der Waals surface area contributed by atoms with Crippen LogP contribution in [-0.2, 0) is 29.7 Å². The van der Waals surface area contributed by atoms with Gasteiger partial charge in [-0.15, -0.1) is 5.10 Å². The first kappa shape index (κ1) is 23.9. The largest absolute Gasteiger partial charge is 0.483 e. The topological polar surface area (TPSA) is 121 Å². The van der Waals surface area contributed by atoms with E-state index in [2.05, 4.69) is 43.8 Å². The van der Waals surface area contributed by atoms with Crippen molar-refractivity contribution in [3.8, 4) is 0 Å². The molecule has 2 aromatic heterocycles. The normalized spacial score (nSPS) is 23.7. The van der Waals surface area contributed by atoms with Crippen LogP contribution >= 0.6 is 0 Å². The maximum atomic E-state index is 13.4. The number of nitrogens with zero attached hydrogens (tertiary/aromatic N) is 7. The lowest BCUT2D eigenvalue weighted by molar-refractivity contribution is -0.145. The number of carboxylic acid groups (broad SMARTS) is 1. The summed E-state index contributed by atoms with van der Waals surface area (Å²) < 4.78 is 3.63. The van der Waals surface area contributed by atoms with Gasteiger partial charge >= 0.3 is 0 Å². The second-order valence-electron chi connectivity index (χ2n) is 8.76. The van der Waals surface area contributed by atoms with E-state index >= 15 is 0 Å². The van der Waals surface area contributed by atoms with Gasteiger partial charge in [-0.05, 0) is 46.3 Å². The van der Waals surface area contributed by atoms with Gasteiger partial charge in [0, 0.05) is 50.7 Å². The van der Waals surface area contributed by atoms with E-state index in [1.165, 1.54) is 5.56 Å². The number of aromatic nitrogens is 5. The predicted octanol–water partition coefficient (Wildman–Crippen LogP) is 0.124. The van der Waals surface area contributed by atoms with Crippen LogP contribution in [0.15, 0.2) is 18.6 Å². The fourth-order valence-electron chi connectivity index (χ4n) is 4.95. The van der Waals surface area contributed by atoms with Crippen molar-refractivity contribution in [1.29, 1.82) is 0 Å². The van der Waals surface area contributed by atoms with Crippen molar-refractivity contribution >= 4 is 12.4 Å². The molecule has 0 bridgehead atoms. The van der Waals surface area contributed by atoms with Crippen molar-refractivity contribution in [2.45, 2.75) is 45.3 Å². The lowest BCUT2D eigenvalue weighted by Crippen LogP contribution is -2.65. The number of hydrogen-bond donors (Lipinski definition) is 2. The average molecular weight is 447 g/mol. The highest BCUT2D eigenvalue weighted by molar-refractivity contribution is 5.83. The molecule has 2 aliphatic heterocycles. The minimum absolute atomic E-state index is 0.198. The fraction of sp³-hybridized carbons (Fsp3) is 0.667. The van der Waals surface area contributed by atoms with Crippen molar-refractivity contribution in [3.05, 3.63) is 29.8 Å². The quantitative estimate of drug-likeness (QED) is 0.601. The molecule has 11 heteroatoms. The van der Waals surface area contributed by atoms with E-state index in [0.717, 1.165) is 51.1 Å². The highest BCUT2D eigenvalue weighted by Crippen LogP contribution is 2.43. The molecule has 2 aromatic rings. The van der Waals surface area contributed by atoms with Gasteiger partial charge < -0.3 is 15.3 Å². The minimum Gasteiger partial charge on any atom is -0.483 e. The Kier molecular flexibility index (Phi) is 7.97. The molecular formula is C21H34N8O3. The van der Waals surface area contributed by atoms with Crippen molar-refractivity contribution in [1.82, 2.24) is 39.9 Å². The van der Waals surface area contributed by atoms with Crippen LogP contribution < -0.4 is 5.32 Å². The van der Waals surface area contributed by atoms with Crippen LogP contribution in [0.1, 0.15) is 30.5 Å². The van der Waals surface area contributed by atoms with E-state index in [-0.39, 0.29) is 23.8 Å². The molecule has 0 spiro atoms. The van der Waals surface area contributed by atoms with Gasteiger partial charge in [-0.3, -0.25) is 23.9 Å². The Morgan fingerprint density at radius 2 is 2.09 bits per heavy atom. The number of rotatable bonds is 6. The second kappa shape index (κ2) is 10.7. The Bertz CT molecular complexity index is 897. The summed E-state index contributed by atoms with van der Waals surface area (Å²) in [5, 5.41) is 22.5. The minimum atomic E-state index is -0.314. The highest BCUT2D eigenvalue weighted by atomic mass is 16.3. The Morgan fingerprint density at radius 1 is 1.31 bits per heavy atom. The number of piperidine rings is 2. The summed E-state index contributed by atoms with van der Waals surface area (Å²) in [5.74, 6) is 0.198. The molecule has 176 valence electrons. The molecule has 0 radical (unpaired) electrons. The first-order valence-corrected chi connectivity index (χ1v) is 11.0. The van der Waals surface area contributed by atoms with Crippen molar-refractivity contribution in [3.63, 3.8) is 0 Å². The first-order valence-electron chi connectivity index (χ1n) is 11.0. The average Bonchev–Trinajstić information content (AvgIpc) is 3.36. The summed E-state index contributed by atoms with van der Waals surface area (Å²) in [4.78, 5) is 26.7. The third kappa shape index (κ3) is 5.52. The number of nitrogens with one attached hydrogen (secondary N) is 1. The van der Waals surface area contributed by atoms with E-state index in [9.17, 15) is 4.79 Å². The van der Waals surface area contributed by atoms with E-state index < -0.39 is 0 Å². The third-order valence-corrected chi connectivity index (χ3v) is 6.45. The number of amides is 1. The maximum Gasteiger partial charge on any atom is 0.290 e. The molecule has 2 N–H and O–H groups in total. The number of carbonyl (C=O) groups excluding carboxylic acids is 1. The molecule has 2 atom stereocenters. The van der Waals surface area contributed by atoms with E-state index in [4.69, 9.17) is 9.90 Å². The van der Waals surface area contributed by atoms with E-state index in [1.807, 2.05) is 31.0 Å². The molecule has 2 saturated heterocycles. The molecule has 0 aromatic carbocycles. The Morgan fingerprint density at radius 3 is 2.75 bits per heavy atom. The zero-order valence-corrected chi connectivity index (χ0v) is 19.1. The molecule has 2 fully saturated rings. The highest BCUT2D eigenvalue weighted by Gasteiger charge is 2.52. The molecular weight excluding hydrogens is 412 g/mol. The van der Waals surface area contributed by atoms with Crippen molar-refractivity contribution < 1.29 is 14.7 Å². The van der Waals surface area contributed by atoms with E-state index in [0.29, 0.717) is 13.1 Å². The smallest absolute Gasteiger partial charge is 0.290 e. The lowest BCUT2D eigenvalue weighted by Gasteiger charge is -2.53. The van der Waals surface area contributed by atoms with Gasteiger partial charge in [0.25, 0.3) is 6.47 Å². The predicted molar refractivity (Wildman–Crippen MR) is 118 cm³/mol. The number of likely N-dealkylation sites (N-methyl/N-ethyl adjacent to an activating group) is 1. The molecule has 4 rings (SSSR count). The van der Waals surface area contributed by atoms with Gasteiger partial charge in [0.15, 0.2) is 0 Å². The molecule has 2 aliphatic rings. The van der Waals surface area contributed by atoms with Gasteiger partial charge in [0.05, 0.1) is 23.9 Å². The maximum absolute atomic E-state index is 13.4. The summed E-state index contributed by atoms with van der Waals surface area (Å²) >= 11 is 0. The summed E-state index contributed by atoms with van der Waals surface area (Å²) in [6.45, 7) is 6.66. The van der Waals surface area contributed by atoms with Gasteiger partial charge in [-0.1, -0.05) is 5.21 Å². The Labute approximate surface area is 188 Å². The summed E-state index contributed by atoms with van der Waals surface area (Å²) in [6, 6.07) is 0.226. The van der Waals surface area contributed by atoms with Crippen molar-refractivity contribution in [2.24, 2.45) is 12.5 Å². The standard InChI is InChI=1S/C20H32N8O.CH2O2/c1-16-12-28(24-23-16)10-7-21-19(29)20-5-4-8-27(14-17-11-22-26(3)13-17)18(20)15-25(2)9-6-20;2-1-3/h11-13,18H,4-10,14-15H2,1-3H3,(H,21,29);1H,(H,2,3)/t18-,20+;/m0./s1. The monoisotopic (exact) mass is 446 g/mol. The van der Waals surface area contributed by atoms with Crippen molar-refractivity contribution in [2.75, 3.05) is 33.2 Å². The molecule has 0 saturated carbocycles. The molecule has 32 heavy (non-hydrogen) atoms. The zero-order valence-electron chi connectivity index (χ0n) is 19.1. The van der Waals surface area contributed by atoms with Crippen LogP contribution in [0, 0.1) is 12.3 Å². The van der Waals surface area contributed by atoms with Crippen LogP contribution in [-0.4, -0.2) is 91.3 Å². The van der Waals surface area contributed by atoms with Gasteiger partial charge in [0.1, 0.15) is 0 Å². The van der Waals surface area contributed by atoms with Crippen LogP contribution in [0.25, 0.3) is 0 Å². The summed E-state index contributed by atoms with van der Waals surface area (Å²) in [5.41, 5.74) is 1.78. The number of fused-ring (bicyclic) bond motifs is 1. The van der Waals surface area contributed by atoms with Gasteiger partial charge in [-0.2, -0.15) is 5.10 Å². The van der Waals surface area contributed by atoms with Gasteiger partial charge in [-0.25, -0.2) is 0 Å². The van der Waals surface area contributed by atoms with Crippen LogP contribution in [0.2, 0.25) is 0 Å². The molecule has 4 heterocycles. The number of aryl methyl sites for hydroxylation is 2. The number of hydrogen-bond acceptors (Lipinski definition) is 7. The van der Waals surface area contributed by atoms with Crippen LogP contribution in [0.5, 0.6) is 0 Å². The summed E-state index contributed by atoms with van der Waals surface area (Å²) in [6.07, 6.45) is 8.83. The van der Waals surface area contributed by atoms with Crippen LogP contribution in [0.3, 0.4) is 0 Å². The zero-order chi connectivity index (χ0) is 23.1. The lowest BCUT2D eigenvalue weighted by atomic mass is 9.67. The fourth-order valence-corrected chi connectivity index (χ4v) is 4.95. The number of carbonyl (C=O) groups is 2. The van der Waals surface area contributed by atoms with Crippen LogP contribution in [0.4, 0.5) is 0 Å². The van der Waals surface area contributed by atoms with Gasteiger partial charge in [0.2, 0.25) is 5.91 Å². The second-order valence-corrected chi connectivity index (χ2v) is 8.76. The summed E-state index contributed by atoms with van der Waals surface area (Å²) in [7, 11) is 4.11.